The highest BCUT2D eigenvalue weighted by molar-refractivity contribution is 7.96. The predicted molar refractivity (Wildman–Crippen MR) is 106 cm³/mol. The number of hydrogen-bond donors (Lipinski definition) is 2. The van der Waals surface area contributed by atoms with Crippen LogP contribution in [-0.2, 0) is 22.4 Å². The summed E-state index contributed by atoms with van der Waals surface area (Å²) in [7, 11) is 0. The van der Waals surface area contributed by atoms with Crippen molar-refractivity contribution >= 4 is 29.5 Å². The second-order valence-corrected chi connectivity index (χ2v) is 7.72. The Balaban J connectivity index is 2.37. The number of amides is 1. The molecule has 1 aromatic carbocycles. The number of nitro groups is 1. The first kappa shape index (κ1) is 23.2. The number of thiol groups is 1. The lowest BCUT2D eigenvalue weighted by molar-refractivity contribution is -0.385. The average Bonchev–Trinajstić information content (AvgIpc) is 3.08. The third-order valence-corrected chi connectivity index (χ3v) is 4.06. The number of aryl methyl sites for hydroxylation is 1. The van der Waals surface area contributed by atoms with Gasteiger partial charge in [0, 0.05) is 24.5 Å². The summed E-state index contributed by atoms with van der Waals surface area (Å²) in [5, 5.41) is 24.4. The van der Waals surface area contributed by atoms with Crippen LogP contribution in [0.15, 0.2) is 12.1 Å². The molecule has 30 heavy (non-hydrogen) atoms. The van der Waals surface area contributed by atoms with Gasteiger partial charge < -0.3 is 10.1 Å². The lowest BCUT2D eigenvalue weighted by atomic mass is 10.0. The van der Waals surface area contributed by atoms with Gasteiger partial charge in [0.2, 0.25) is 5.12 Å². The minimum Gasteiger partial charge on any atom is -0.444 e. The van der Waals surface area contributed by atoms with E-state index in [1.165, 1.54) is 0 Å². The number of nitrogens with one attached hydrogen (secondary N) is 1. The quantitative estimate of drug-likeness (QED) is 0.379. The van der Waals surface area contributed by atoms with Gasteiger partial charge in [-0.3, -0.25) is 14.9 Å². The second kappa shape index (κ2) is 9.15. The van der Waals surface area contributed by atoms with Crippen molar-refractivity contribution in [2.75, 3.05) is 0 Å². The fraction of sp³-hybridized carbons (Fsp3) is 0.471. The molecule has 1 heterocycles. The molecular formula is C17H21FN6O5S. The zero-order valence-electron chi connectivity index (χ0n) is 16.7. The summed E-state index contributed by atoms with van der Waals surface area (Å²) < 4.78 is 19.7. The highest BCUT2D eigenvalue weighted by Gasteiger charge is 2.28. The third-order valence-electron chi connectivity index (χ3n) is 3.74. The molecule has 1 atom stereocenters. The molecule has 11 nitrogen and oxygen atoms in total. The van der Waals surface area contributed by atoms with E-state index >= 15 is 0 Å². The van der Waals surface area contributed by atoms with Crippen molar-refractivity contribution in [3.8, 4) is 5.69 Å². The maximum atomic E-state index is 14.7. The number of nitro benzene ring substituents is 1. The molecule has 0 radical (unpaired) electrons. The molecule has 2 rings (SSSR count). The van der Waals surface area contributed by atoms with Gasteiger partial charge in [-0.15, -0.1) is 27.6 Å². The Morgan fingerprint density at radius 2 is 2.07 bits per heavy atom. The summed E-state index contributed by atoms with van der Waals surface area (Å²) in [6.45, 7) is 6.66. The number of hydrogen-bond acceptors (Lipinski definition) is 8. The van der Waals surface area contributed by atoms with Crippen molar-refractivity contribution in [3.05, 3.63) is 39.5 Å². The third kappa shape index (κ3) is 5.95. The van der Waals surface area contributed by atoms with Crippen LogP contribution >= 0.6 is 12.6 Å². The number of rotatable bonds is 7. The maximum Gasteiger partial charge on any atom is 0.408 e. The highest BCUT2D eigenvalue weighted by Crippen LogP contribution is 2.26. The minimum atomic E-state index is -1.27. The number of carbonyl (C=O) groups is 2. The van der Waals surface area contributed by atoms with Crippen LogP contribution < -0.4 is 5.32 Å². The van der Waals surface area contributed by atoms with E-state index in [1.54, 1.807) is 27.7 Å². The molecule has 0 saturated carbocycles. The lowest BCUT2D eigenvalue weighted by Crippen LogP contribution is -2.43. The standard InChI is InChI=1S/C17H21FN6O5S/c1-5-14-20-22-23(21-14)13-8-12(24(27)28)9(6-10(13)18)7-11(15(25)30)19-16(26)29-17(2,3)4/h6,8,11H,5,7H2,1-4H3,(H,19,26)(H,25,30)/t11-/m1/s1. The summed E-state index contributed by atoms with van der Waals surface area (Å²) in [4.78, 5) is 35.5. The van der Waals surface area contributed by atoms with Crippen LogP contribution in [-0.4, -0.2) is 48.0 Å². The highest BCUT2D eigenvalue weighted by atomic mass is 32.1. The molecule has 0 aliphatic rings. The molecule has 0 aliphatic carbocycles. The number of alkyl carbamates (subject to hydrolysis) is 1. The smallest absolute Gasteiger partial charge is 0.408 e. The molecule has 1 N–H and O–H groups in total. The first-order valence-corrected chi connectivity index (χ1v) is 9.34. The number of nitrogens with zero attached hydrogens (tertiary/aromatic N) is 5. The van der Waals surface area contributed by atoms with Crippen molar-refractivity contribution in [1.29, 1.82) is 0 Å². The zero-order valence-corrected chi connectivity index (χ0v) is 17.6. The number of benzene rings is 1. The second-order valence-electron chi connectivity index (χ2n) is 7.28. The van der Waals surface area contributed by atoms with Gasteiger partial charge >= 0.3 is 6.09 Å². The fourth-order valence-electron chi connectivity index (χ4n) is 2.44. The predicted octanol–water partition coefficient (Wildman–Crippen LogP) is 2.16. The average molecular weight is 440 g/mol. The van der Waals surface area contributed by atoms with Gasteiger partial charge in [-0.1, -0.05) is 6.92 Å². The Morgan fingerprint density at radius 1 is 1.40 bits per heavy atom. The number of halogens is 1. The van der Waals surface area contributed by atoms with E-state index in [4.69, 9.17) is 4.74 Å². The van der Waals surface area contributed by atoms with Gasteiger partial charge in [0.15, 0.2) is 11.6 Å². The normalized spacial score (nSPS) is 12.3. The number of aromatic nitrogens is 4. The van der Waals surface area contributed by atoms with Gasteiger partial charge in [-0.2, -0.15) is 0 Å². The molecular weight excluding hydrogens is 419 g/mol. The lowest BCUT2D eigenvalue weighted by Gasteiger charge is -2.22. The number of tetrazole rings is 1. The van der Waals surface area contributed by atoms with Crippen LogP contribution in [0.5, 0.6) is 0 Å². The molecule has 13 heteroatoms. The first-order valence-electron chi connectivity index (χ1n) is 8.89. The zero-order chi connectivity index (χ0) is 22.6. The Labute approximate surface area is 176 Å². The molecule has 0 spiro atoms. The summed E-state index contributed by atoms with van der Waals surface area (Å²) in [6.07, 6.45) is -0.835. The van der Waals surface area contributed by atoms with Crippen LogP contribution in [0.4, 0.5) is 14.9 Å². The van der Waals surface area contributed by atoms with E-state index < -0.39 is 39.3 Å². The van der Waals surface area contributed by atoms with Crippen molar-refractivity contribution < 1.29 is 23.6 Å². The SMILES string of the molecule is CCc1nnn(-c2cc([N+](=O)[O-])c(C[C@@H](NC(=O)OC(C)(C)C)C(=O)S)cc2F)n1. The first-order chi connectivity index (χ1) is 13.9. The number of ether oxygens (including phenoxy) is 1. The molecule has 0 fully saturated rings. The molecule has 2 aromatic rings. The van der Waals surface area contributed by atoms with Crippen molar-refractivity contribution in [1.82, 2.24) is 25.5 Å². The molecule has 0 aliphatic heterocycles. The van der Waals surface area contributed by atoms with Gasteiger partial charge in [0.05, 0.1) is 4.92 Å². The monoisotopic (exact) mass is 440 g/mol. The largest absolute Gasteiger partial charge is 0.444 e. The molecule has 0 unspecified atom stereocenters. The summed E-state index contributed by atoms with van der Waals surface area (Å²) >= 11 is 3.71. The van der Waals surface area contributed by atoms with E-state index in [1.807, 2.05) is 0 Å². The Bertz CT molecular complexity index is 974. The summed E-state index contributed by atoms with van der Waals surface area (Å²) in [5.41, 5.74) is -1.70. The molecule has 1 aromatic heterocycles. The van der Waals surface area contributed by atoms with E-state index in [0.717, 1.165) is 16.9 Å². The van der Waals surface area contributed by atoms with Gasteiger partial charge in [-0.05, 0) is 32.1 Å². The molecule has 1 amide bonds. The summed E-state index contributed by atoms with van der Waals surface area (Å²) in [5.74, 6) is -0.526. The Kier molecular flexibility index (Phi) is 7.08. The van der Waals surface area contributed by atoms with E-state index in [-0.39, 0.29) is 17.7 Å². The molecule has 0 saturated heterocycles. The van der Waals surface area contributed by atoms with Crippen molar-refractivity contribution in [2.45, 2.75) is 52.2 Å². The van der Waals surface area contributed by atoms with Crippen LogP contribution in [0.1, 0.15) is 39.1 Å². The van der Waals surface area contributed by atoms with Crippen LogP contribution in [0.3, 0.4) is 0 Å². The van der Waals surface area contributed by atoms with Crippen molar-refractivity contribution in [2.24, 2.45) is 0 Å². The van der Waals surface area contributed by atoms with Crippen molar-refractivity contribution in [3.63, 3.8) is 0 Å². The number of carbonyl (C=O) groups excluding carboxylic acids is 2. The minimum absolute atomic E-state index is 0.125. The van der Waals surface area contributed by atoms with E-state index in [9.17, 15) is 24.1 Å². The van der Waals surface area contributed by atoms with Gasteiger partial charge in [-0.25, -0.2) is 9.18 Å². The molecule has 0 bridgehead atoms. The van der Waals surface area contributed by atoms with E-state index in [0.29, 0.717) is 12.2 Å². The van der Waals surface area contributed by atoms with Crippen LogP contribution in [0.2, 0.25) is 0 Å². The Hall–Kier alpha value is -3.09. The van der Waals surface area contributed by atoms with Crippen LogP contribution in [0.25, 0.3) is 5.69 Å². The molecule has 162 valence electrons. The maximum absolute atomic E-state index is 14.7. The van der Waals surface area contributed by atoms with Crippen LogP contribution in [0, 0.1) is 15.9 Å². The van der Waals surface area contributed by atoms with Gasteiger partial charge in [0.1, 0.15) is 17.3 Å². The summed E-state index contributed by atoms with van der Waals surface area (Å²) in [6, 6.07) is 0.561. The van der Waals surface area contributed by atoms with E-state index in [2.05, 4.69) is 33.4 Å². The Morgan fingerprint density at radius 3 is 2.57 bits per heavy atom. The fourth-order valence-corrected chi connectivity index (χ4v) is 2.59. The topological polar surface area (TPSA) is 142 Å². The van der Waals surface area contributed by atoms with Gasteiger partial charge in [0.25, 0.3) is 5.69 Å².